The van der Waals surface area contributed by atoms with E-state index in [1.807, 2.05) is 0 Å². The van der Waals surface area contributed by atoms with Gasteiger partial charge in [0.2, 0.25) is 0 Å². The van der Waals surface area contributed by atoms with Gasteiger partial charge in [0.1, 0.15) is 11.5 Å². The second kappa shape index (κ2) is 9.61. The third-order valence-electron chi connectivity index (χ3n) is 8.01. The lowest BCUT2D eigenvalue weighted by atomic mass is 9.88. The van der Waals surface area contributed by atoms with Crippen LogP contribution in [-0.2, 0) is 6.42 Å². The standard InChI is InChI=1S/C33H36N2O/c1-4-35(5-2)26-16-14-24-20-25-10-8-9-23(33(25)36-32(24)21-26)15-18-27-28-11-6-7-12-30(28)34-31-19-22(3)13-17-29(27)31/h7,12,14-22H,4-6,8-11,13H2,1-3H3/b18-15+. The fourth-order valence-electron chi connectivity index (χ4n) is 6.02. The highest BCUT2D eigenvalue weighted by molar-refractivity contribution is 5.72. The normalized spacial score (nSPS) is 19.9. The zero-order chi connectivity index (χ0) is 24.6. The maximum Gasteiger partial charge on any atom is 0.136 e. The van der Waals surface area contributed by atoms with Gasteiger partial charge >= 0.3 is 0 Å². The summed E-state index contributed by atoms with van der Waals surface area (Å²) >= 11 is 0. The zero-order valence-electron chi connectivity index (χ0n) is 21.8. The van der Waals surface area contributed by atoms with E-state index in [0.29, 0.717) is 5.92 Å². The van der Waals surface area contributed by atoms with Crippen molar-refractivity contribution in [2.45, 2.75) is 59.3 Å². The Morgan fingerprint density at radius 1 is 1.11 bits per heavy atom. The van der Waals surface area contributed by atoms with Gasteiger partial charge in [0.05, 0.1) is 11.0 Å². The molecule has 0 spiro atoms. The van der Waals surface area contributed by atoms with Gasteiger partial charge in [-0.25, -0.2) is 4.98 Å². The molecule has 3 aliphatic carbocycles. The van der Waals surface area contributed by atoms with Gasteiger partial charge in [0.15, 0.2) is 0 Å². The molecular formula is C33H36N2O. The van der Waals surface area contributed by atoms with Crippen LogP contribution in [-0.4, -0.2) is 18.1 Å². The largest absolute Gasteiger partial charge is 0.456 e. The van der Waals surface area contributed by atoms with E-state index >= 15 is 0 Å². The van der Waals surface area contributed by atoms with Crippen LogP contribution in [0, 0.1) is 5.92 Å². The van der Waals surface area contributed by atoms with Crippen molar-refractivity contribution in [1.82, 2.24) is 4.98 Å². The topological polar surface area (TPSA) is 25.4 Å². The first-order chi connectivity index (χ1) is 17.6. The number of anilines is 1. The quantitative estimate of drug-likeness (QED) is 0.498. The first-order valence-electron chi connectivity index (χ1n) is 13.7. The summed E-state index contributed by atoms with van der Waals surface area (Å²) in [6, 6.07) is 6.66. The van der Waals surface area contributed by atoms with Crippen LogP contribution in [0.2, 0.25) is 0 Å². The number of pyridine rings is 1. The molecule has 0 fully saturated rings. The molecule has 184 valence electrons. The van der Waals surface area contributed by atoms with Gasteiger partial charge in [0.25, 0.3) is 0 Å². The van der Waals surface area contributed by atoms with E-state index in [1.165, 1.54) is 38.7 Å². The van der Waals surface area contributed by atoms with Gasteiger partial charge in [-0.1, -0.05) is 37.3 Å². The van der Waals surface area contributed by atoms with Crippen molar-refractivity contribution in [1.29, 1.82) is 0 Å². The second-order valence-electron chi connectivity index (χ2n) is 10.4. The molecule has 6 rings (SSSR count). The number of fused-ring (bicyclic) bond motifs is 4. The third-order valence-corrected chi connectivity index (χ3v) is 8.01. The number of nitrogens with zero attached hydrogens (tertiary/aromatic N) is 2. The summed E-state index contributed by atoms with van der Waals surface area (Å²) in [7, 11) is 0. The number of hydrogen-bond acceptors (Lipinski definition) is 3. The Kier molecular flexibility index (Phi) is 6.17. The SMILES string of the molecule is CCN(CC)c1ccc2c(c1)OC1=C(/C=C/c3c4c(nc5c3=CCC(C)C=5)C=CCC4)CCCC1=C2. The molecule has 3 nitrogen and oxygen atoms in total. The molecule has 2 aromatic rings. The van der Waals surface area contributed by atoms with Gasteiger partial charge < -0.3 is 9.64 Å². The molecule has 4 aliphatic rings. The van der Waals surface area contributed by atoms with E-state index in [-0.39, 0.29) is 0 Å². The molecule has 1 aromatic carbocycles. The Balaban J connectivity index is 1.42. The van der Waals surface area contributed by atoms with Crippen LogP contribution >= 0.6 is 0 Å². The molecule has 1 aliphatic heterocycles. The summed E-state index contributed by atoms with van der Waals surface area (Å²) in [5.74, 6) is 2.59. The third kappa shape index (κ3) is 4.15. The number of rotatable bonds is 5. The zero-order valence-corrected chi connectivity index (χ0v) is 21.8. The number of allylic oxidation sites excluding steroid dienone is 4. The summed E-state index contributed by atoms with van der Waals surface area (Å²) in [6.07, 6.45) is 22.8. The van der Waals surface area contributed by atoms with Crippen molar-refractivity contribution in [2.24, 2.45) is 5.92 Å². The predicted molar refractivity (Wildman–Crippen MR) is 152 cm³/mol. The molecule has 3 heteroatoms. The maximum absolute atomic E-state index is 6.65. The van der Waals surface area contributed by atoms with E-state index < -0.39 is 0 Å². The van der Waals surface area contributed by atoms with Crippen LogP contribution in [0.5, 0.6) is 5.75 Å². The molecule has 0 radical (unpaired) electrons. The van der Waals surface area contributed by atoms with Crippen LogP contribution < -0.4 is 20.2 Å². The molecule has 0 saturated heterocycles. The Morgan fingerprint density at radius 3 is 2.86 bits per heavy atom. The highest BCUT2D eigenvalue weighted by atomic mass is 16.5. The molecule has 0 N–H and O–H groups in total. The van der Waals surface area contributed by atoms with E-state index in [2.05, 4.69) is 86.4 Å². The average molecular weight is 477 g/mol. The average Bonchev–Trinajstić information content (AvgIpc) is 2.90. The molecule has 1 atom stereocenters. The molecule has 0 amide bonds. The second-order valence-corrected chi connectivity index (χ2v) is 10.4. The summed E-state index contributed by atoms with van der Waals surface area (Å²) in [6.45, 7) is 8.68. The molecule has 2 heterocycles. The van der Waals surface area contributed by atoms with Crippen molar-refractivity contribution in [3.63, 3.8) is 0 Å². The van der Waals surface area contributed by atoms with Gasteiger partial charge in [-0.2, -0.15) is 0 Å². The lowest BCUT2D eigenvalue weighted by Gasteiger charge is -2.28. The first kappa shape index (κ1) is 23.1. The summed E-state index contributed by atoms with van der Waals surface area (Å²) in [5, 5.41) is 2.46. The van der Waals surface area contributed by atoms with Crippen LogP contribution in [0.15, 0.2) is 47.3 Å². The Hall–Kier alpha value is -3.33. The molecule has 0 saturated carbocycles. The van der Waals surface area contributed by atoms with Gasteiger partial charge in [-0.15, -0.1) is 0 Å². The van der Waals surface area contributed by atoms with E-state index in [4.69, 9.17) is 9.72 Å². The number of hydrogen-bond donors (Lipinski definition) is 0. The first-order valence-corrected chi connectivity index (χ1v) is 13.7. The lowest BCUT2D eigenvalue weighted by Crippen LogP contribution is -2.36. The van der Waals surface area contributed by atoms with Crippen molar-refractivity contribution < 1.29 is 4.74 Å². The Bertz CT molecular complexity index is 1450. The van der Waals surface area contributed by atoms with Crippen molar-refractivity contribution >= 4 is 36.1 Å². The molecule has 36 heavy (non-hydrogen) atoms. The molecule has 0 bridgehead atoms. The van der Waals surface area contributed by atoms with Crippen LogP contribution in [0.3, 0.4) is 0 Å². The summed E-state index contributed by atoms with van der Waals surface area (Å²) < 4.78 is 6.65. The Morgan fingerprint density at radius 2 is 2.00 bits per heavy atom. The van der Waals surface area contributed by atoms with Crippen LogP contribution in [0.4, 0.5) is 5.69 Å². The molecule has 1 aromatic heterocycles. The van der Waals surface area contributed by atoms with Crippen LogP contribution in [0.25, 0.3) is 30.4 Å². The van der Waals surface area contributed by atoms with Gasteiger partial charge in [-0.05, 0) is 105 Å². The number of ether oxygens (including phenoxy) is 1. The van der Waals surface area contributed by atoms with Crippen molar-refractivity contribution in [3.05, 3.63) is 80.2 Å². The van der Waals surface area contributed by atoms with Gasteiger partial charge in [0, 0.05) is 35.6 Å². The van der Waals surface area contributed by atoms with E-state index in [9.17, 15) is 0 Å². The monoisotopic (exact) mass is 476 g/mol. The smallest absolute Gasteiger partial charge is 0.136 e. The number of benzene rings is 1. The van der Waals surface area contributed by atoms with Gasteiger partial charge in [-0.3, -0.25) is 0 Å². The fourth-order valence-corrected chi connectivity index (χ4v) is 6.02. The van der Waals surface area contributed by atoms with E-state index in [0.717, 1.165) is 74.2 Å². The maximum atomic E-state index is 6.65. The highest BCUT2D eigenvalue weighted by Gasteiger charge is 2.24. The van der Waals surface area contributed by atoms with Crippen molar-refractivity contribution in [2.75, 3.05) is 18.0 Å². The summed E-state index contributed by atoms with van der Waals surface area (Å²) in [4.78, 5) is 7.40. The minimum atomic E-state index is 0.542. The van der Waals surface area contributed by atoms with Crippen molar-refractivity contribution in [3.8, 4) is 5.75 Å². The Labute approximate surface area is 214 Å². The summed E-state index contributed by atoms with van der Waals surface area (Å²) in [5.41, 5.74) is 8.96. The minimum Gasteiger partial charge on any atom is -0.456 e. The number of aromatic nitrogens is 1. The van der Waals surface area contributed by atoms with Crippen LogP contribution in [0.1, 0.15) is 75.3 Å². The van der Waals surface area contributed by atoms with E-state index in [1.54, 1.807) is 0 Å². The molecular weight excluding hydrogens is 440 g/mol. The molecule has 1 unspecified atom stereocenters. The highest BCUT2D eigenvalue weighted by Crippen LogP contribution is 2.41. The minimum absolute atomic E-state index is 0.542. The fraction of sp³-hybridized carbons (Fsp3) is 0.364. The predicted octanol–water partition coefficient (Wildman–Crippen LogP) is 6.42. The lowest BCUT2D eigenvalue weighted by molar-refractivity contribution is 0.410.